The van der Waals surface area contributed by atoms with E-state index in [-0.39, 0.29) is 11.6 Å². The molecule has 0 heterocycles. The van der Waals surface area contributed by atoms with E-state index in [2.05, 4.69) is 0 Å². The van der Waals surface area contributed by atoms with E-state index in [1.165, 1.54) is 0 Å². The number of carbonyl (C=O) groups is 2. The summed E-state index contributed by atoms with van der Waals surface area (Å²) in [6.07, 6.45) is 2.69. The molecule has 0 N–H and O–H groups in total. The van der Waals surface area contributed by atoms with E-state index in [0.29, 0.717) is 25.7 Å². The third-order valence-corrected chi connectivity index (χ3v) is 2.46. The van der Waals surface area contributed by atoms with Gasteiger partial charge in [-0.3, -0.25) is 9.59 Å². The minimum Gasteiger partial charge on any atom is -0.300 e. The number of ketones is 2. The fraction of sp³-hybridized carbons (Fsp3) is 0.429. The van der Waals surface area contributed by atoms with Gasteiger partial charge in [-0.1, -0.05) is 37.3 Å². The van der Waals surface area contributed by atoms with Crippen LogP contribution in [0.15, 0.2) is 30.3 Å². The molecule has 0 fully saturated rings. The van der Waals surface area contributed by atoms with Gasteiger partial charge in [0.1, 0.15) is 11.6 Å². The summed E-state index contributed by atoms with van der Waals surface area (Å²) in [4.78, 5) is 22.8. The molecule has 0 saturated carbocycles. The third-order valence-electron chi connectivity index (χ3n) is 2.46. The van der Waals surface area contributed by atoms with Crippen molar-refractivity contribution in [1.29, 1.82) is 0 Å². The average Bonchev–Trinajstić information content (AvgIpc) is 2.28. The Balaban J connectivity index is 2.29. The Labute approximate surface area is 96.7 Å². The minimum absolute atomic E-state index is 0.149. The quantitative estimate of drug-likeness (QED) is 0.705. The SMILES string of the molecule is CCCC(=O)CCC(=O)Cc1ccccc1. The molecular formula is C14H18O2. The molecule has 0 spiro atoms. The van der Waals surface area contributed by atoms with Crippen LogP contribution in [0.4, 0.5) is 0 Å². The van der Waals surface area contributed by atoms with Gasteiger partial charge in [0.25, 0.3) is 0 Å². The van der Waals surface area contributed by atoms with E-state index in [4.69, 9.17) is 0 Å². The molecule has 2 nitrogen and oxygen atoms in total. The van der Waals surface area contributed by atoms with Gasteiger partial charge in [-0.2, -0.15) is 0 Å². The van der Waals surface area contributed by atoms with Gasteiger partial charge in [0.05, 0.1) is 0 Å². The van der Waals surface area contributed by atoms with Crippen LogP contribution >= 0.6 is 0 Å². The molecule has 0 aromatic heterocycles. The van der Waals surface area contributed by atoms with E-state index in [1.54, 1.807) is 0 Å². The standard InChI is InChI=1S/C14H18O2/c1-2-6-13(15)9-10-14(16)11-12-7-4-3-5-8-12/h3-5,7-8H,2,6,9-11H2,1H3. The first-order chi connectivity index (χ1) is 7.72. The summed E-state index contributed by atoms with van der Waals surface area (Å²) in [5, 5.41) is 0. The van der Waals surface area contributed by atoms with Crippen molar-refractivity contribution in [2.45, 2.75) is 39.0 Å². The maximum atomic E-state index is 11.6. The van der Waals surface area contributed by atoms with E-state index in [0.717, 1.165) is 12.0 Å². The van der Waals surface area contributed by atoms with Crippen molar-refractivity contribution in [2.75, 3.05) is 0 Å². The number of Topliss-reactive ketones (excluding diaryl/α,β-unsaturated/α-hetero) is 2. The highest BCUT2D eigenvalue weighted by molar-refractivity contribution is 5.87. The number of hydrogen-bond donors (Lipinski definition) is 0. The summed E-state index contributed by atoms with van der Waals surface area (Å²) in [5.74, 6) is 0.347. The lowest BCUT2D eigenvalue weighted by atomic mass is 10.0. The Kier molecular flexibility index (Phi) is 5.48. The molecule has 0 aliphatic rings. The first-order valence-corrected chi connectivity index (χ1v) is 5.79. The molecular weight excluding hydrogens is 200 g/mol. The van der Waals surface area contributed by atoms with Crippen LogP contribution in [0, 0.1) is 0 Å². The summed E-state index contributed by atoms with van der Waals surface area (Å²) >= 11 is 0. The van der Waals surface area contributed by atoms with E-state index < -0.39 is 0 Å². The summed E-state index contributed by atoms with van der Waals surface area (Å²) in [6.45, 7) is 1.98. The second kappa shape index (κ2) is 6.94. The molecule has 1 aromatic rings. The van der Waals surface area contributed by atoms with Crippen molar-refractivity contribution < 1.29 is 9.59 Å². The van der Waals surface area contributed by atoms with Crippen molar-refractivity contribution in [2.24, 2.45) is 0 Å². The van der Waals surface area contributed by atoms with Crippen molar-refractivity contribution in [3.63, 3.8) is 0 Å². The average molecular weight is 218 g/mol. The zero-order valence-electron chi connectivity index (χ0n) is 9.74. The molecule has 0 bridgehead atoms. The topological polar surface area (TPSA) is 34.1 Å². The Hall–Kier alpha value is -1.44. The smallest absolute Gasteiger partial charge is 0.137 e. The van der Waals surface area contributed by atoms with Gasteiger partial charge in [0.2, 0.25) is 0 Å². The van der Waals surface area contributed by atoms with Crippen LogP contribution in [0.2, 0.25) is 0 Å². The fourth-order valence-corrected chi connectivity index (χ4v) is 1.59. The zero-order valence-corrected chi connectivity index (χ0v) is 9.74. The predicted molar refractivity (Wildman–Crippen MR) is 64.3 cm³/mol. The lowest BCUT2D eigenvalue weighted by Gasteiger charge is -2.00. The number of benzene rings is 1. The monoisotopic (exact) mass is 218 g/mol. The highest BCUT2D eigenvalue weighted by atomic mass is 16.1. The largest absolute Gasteiger partial charge is 0.300 e. The lowest BCUT2D eigenvalue weighted by molar-refractivity contribution is -0.124. The number of rotatable bonds is 7. The zero-order chi connectivity index (χ0) is 11.8. The van der Waals surface area contributed by atoms with Gasteiger partial charge in [0.15, 0.2) is 0 Å². The van der Waals surface area contributed by atoms with Gasteiger partial charge in [-0.05, 0) is 12.0 Å². The van der Waals surface area contributed by atoms with Crippen LogP contribution < -0.4 is 0 Å². The third kappa shape index (κ3) is 4.87. The van der Waals surface area contributed by atoms with Crippen molar-refractivity contribution in [1.82, 2.24) is 0 Å². The van der Waals surface area contributed by atoms with Crippen molar-refractivity contribution in [3.8, 4) is 0 Å². The molecule has 1 aromatic carbocycles. The summed E-state index contributed by atoms with van der Waals surface area (Å²) in [6, 6.07) is 9.64. The summed E-state index contributed by atoms with van der Waals surface area (Å²) in [7, 11) is 0. The Morgan fingerprint density at radius 2 is 1.56 bits per heavy atom. The second-order valence-corrected chi connectivity index (χ2v) is 3.99. The molecule has 16 heavy (non-hydrogen) atoms. The minimum atomic E-state index is 0.149. The molecule has 2 heteroatoms. The van der Waals surface area contributed by atoms with Crippen LogP contribution in [-0.2, 0) is 16.0 Å². The van der Waals surface area contributed by atoms with Crippen LogP contribution in [0.1, 0.15) is 38.2 Å². The maximum absolute atomic E-state index is 11.6. The van der Waals surface area contributed by atoms with Crippen LogP contribution in [0.5, 0.6) is 0 Å². The van der Waals surface area contributed by atoms with Gasteiger partial charge in [0, 0.05) is 25.7 Å². The van der Waals surface area contributed by atoms with E-state index >= 15 is 0 Å². The first kappa shape index (κ1) is 12.6. The van der Waals surface area contributed by atoms with Gasteiger partial charge < -0.3 is 0 Å². The van der Waals surface area contributed by atoms with Crippen molar-refractivity contribution >= 4 is 11.6 Å². The molecule has 0 unspecified atom stereocenters. The summed E-state index contributed by atoms with van der Waals surface area (Å²) < 4.78 is 0. The molecule has 0 radical (unpaired) electrons. The van der Waals surface area contributed by atoms with Crippen LogP contribution in [-0.4, -0.2) is 11.6 Å². The molecule has 1 rings (SSSR count). The van der Waals surface area contributed by atoms with Gasteiger partial charge in [-0.15, -0.1) is 0 Å². The Morgan fingerprint density at radius 1 is 0.938 bits per heavy atom. The highest BCUT2D eigenvalue weighted by Gasteiger charge is 2.06. The molecule has 0 amide bonds. The first-order valence-electron chi connectivity index (χ1n) is 5.79. The summed E-state index contributed by atoms with van der Waals surface area (Å²) in [5.41, 5.74) is 1.02. The Bertz CT molecular complexity index is 341. The maximum Gasteiger partial charge on any atom is 0.137 e. The van der Waals surface area contributed by atoms with Gasteiger partial charge >= 0.3 is 0 Å². The lowest BCUT2D eigenvalue weighted by Crippen LogP contribution is -2.06. The Morgan fingerprint density at radius 3 is 2.19 bits per heavy atom. The molecule has 0 aliphatic carbocycles. The predicted octanol–water partition coefficient (Wildman–Crippen LogP) is 2.95. The molecule has 0 atom stereocenters. The number of carbonyl (C=O) groups excluding carboxylic acids is 2. The molecule has 0 aliphatic heterocycles. The number of hydrogen-bond acceptors (Lipinski definition) is 2. The molecule has 86 valence electrons. The highest BCUT2D eigenvalue weighted by Crippen LogP contribution is 2.05. The van der Waals surface area contributed by atoms with E-state index in [1.807, 2.05) is 37.3 Å². The van der Waals surface area contributed by atoms with Crippen LogP contribution in [0.25, 0.3) is 0 Å². The van der Waals surface area contributed by atoms with E-state index in [9.17, 15) is 9.59 Å². The normalized spacial score (nSPS) is 10.1. The van der Waals surface area contributed by atoms with Crippen LogP contribution in [0.3, 0.4) is 0 Å². The van der Waals surface area contributed by atoms with Crippen molar-refractivity contribution in [3.05, 3.63) is 35.9 Å². The second-order valence-electron chi connectivity index (χ2n) is 3.99. The fourth-order valence-electron chi connectivity index (χ4n) is 1.59. The van der Waals surface area contributed by atoms with Gasteiger partial charge in [-0.25, -0.2) is 0 Å². The molecule has 0 saturated heterocycles.